The Kier molecular flexibility index (Phi) is 16.2. The molecule has 228 valence electrons. The van der Waals surface area contributed by atoms with E-state index in [1.54, 1.807) is 13.8 Å². The highest BCUT2D eigenvalue weighted by molar-refractivity contribution is 5.92. The van der Waals surface area contributed by atoms with E-state index in [1.807, 2.05) is 0 Å². The van der Waals surface area contributed by atoms with Gasteiger partial charge in [-0.3, -0.25) is 24.0 Å². The fourth-order valence-electron chi connectivity index (χ4n) is 3.31. The molecule has 3 unspecified atom stereocenters. The molecule has 0 saturated heterocycles. The molecule has 0 aromatic carbocycles. The number of nitrogens with two attached hydrogens (primary N) is 1. The zero-order valence-corrected chi connectivity index (χ0v) is 22.7. The van der Waals surface area contributed by atoms with Crippen molar-refractivity contribution in [3.05, 3.63) is 0 Å². The number of aliphatic hydroxyl groups excluding tert-OH is 3. The lowest BCUT2D eigenvalue weighted by Gasteiger charge is -2.30. The first-order valence-electron chi connectivity index (χ1n) is 12.3. The van der Waals surface area contributed by atoms with E-state index >= 15 is 0 Å². The molecule has 0 aromatic heterocycles. The second-order valence-corrected chi connectivity index (χ2v) is 9.30. The average Bonchev–Trinajstić information content (AvgIpc) is 2.87. The Morgan fingerprint density at radius 1 is 0.950 bits per heavy atom. The Labute approximate surface area is 230 Å². The number of hydrogen-bond donors (Lipinski definition) is 9. The van der Waals surface area contributed by atoms with Gasteiger partial charge in [-0.15, -0.1) is 0 Å². The van der Waals surface area contributed by atoms with E-state index in [0.717, 1.165) is 6.92 Å². The molecule has 7 atom stereocenters. The van der Waals surface area contributed by atoms with Gasteiger partial charge in [0.25, 0.3) is 0 Å². The van der Waals surface area contributed by atoms with E-state index in [4.69, 9.17) is 20.7 Å². The number of rotatable bonds is 19. The number of carbonyl (C=O) groups is 7. The summed E-state index contributed by atoms with van der Waals surface area (Å²) >= 11 is 0. The molecule has 0 radical (unpaired) electrons. The maximum absolute atomic E-state index is 12.5. The van der Waals surface area contributed by atoms with Crippen LogP contribution in [0.2, 0.25) is 0 Å². The van der Waals surface area contributed by atoms with Crippen LogP contribution in [0.25, 0.3) is 0 Å². The number of carboxylic acid groups (broad SMARTS) is 1. The first-order chi connectivity index (χ1) is 18.5. The minimum absolute atomic E-state index is 0.197. The predicted octanol–water partition coefficient (Wildman–Crippen LogP) is -4.73. The summed E-state index contributed by atoms with van der Waals surface area (Å²) in [6.45, 7) is 3.72. The number of carboxylic acids is 1. The topological polar surface area (TPSA) is 284 Å². The molecule has 0 saturated carbocycles. The van der Waals surface area contributed by atoms with Gasteiger partial charge in [0.1, 0.15) is 55.4 Å². The van der Waals surface area contributed by atoms with Crippen LogP contribution in [0.1, 0.15) is 40.5 Å². The molecule has 0 aliphatic heterocycles. The van der Waals surface area contributed by atoms with Gasteiger partial charge in [-0.1, -0.05) is 13.8 Å². The number of hydrogen-bond acceptors (Lipinski definition) is 11. The van der Waals surface area contributed by atoms with Crippen LogP contribution in [-0.2, 0) is 38.3 Å². The molecule has 0 bridgehead atoms. The number of aliphatic carboxylic acids is 1. The summed E-state index contributed by atoms with van der Waals surface area (Å²) in [7, 11) is 0. The fourth-order valence-corrected chi connectivity index (χ4v) is 3.31. The Hall–Kier alpha value is -3.67. The highest BCUT2D eigenvalue weighted by atomic mass is 16.5. The molecule has 0 heterocycles. The molecule has 0 aliphatic rings. The molecule has 17 heteroatoms. The maximum Gasteiger partial charge on any atom is 0.326 e. The first-order valence-corrected chi connectivity index (χ1v) is 12.3. The zero-order chi connectivity index (χ0) is 31.2. The second-order valence-electron chi connectivity index (χ2n) is 9.30. The van der Waals surface area contributed by atoms with Gasteiger partial charge in [-0.2, -0.15) is 0 Å². The highest BCUT2D eigenvalue weighted by Gasteiger charge is 2.35. The molecule has 0 spiro atoms. The lowest BCUT2D eigenvalue weighted by Crippen LogP contribution is -2.56. The van der Waals surface area contributed by atoms with Crippen molar-refractivity contribution in [2.24, 2.45) is 11.7 Å². The van der Waals surface area contributed by atoms with Crippen molar-refractivity contribution in [2.45, 2.75) is 83.0 Å². The third-order valence-electron chi connectivity index (χ3n) is 5.54. The lowest BCUT2D eigenvalue weighted by atomic mass is 10.0. The van der Waals surface area contributed by atoms with E-state index in [1.165, 1.54) is 6.92 Å². The summed E-state index contributed by atoms with van der Waals surface area (Å²) in [5.41, 5.74) is 5.28. The summed E-state index contributed by atoms with van der Waals surface area (Å²) in [6.07, 6.45) is -5.72. The van der Waals surface area contributed by atoms with Crippen LogP contribution < -0.4 is 27.0 Å². The molecular weight excluding hydrogens is 538 g/mol. The van der Waals surface area contributed by atoms with Gasteiger partial charge in [0.15, 0.2) is 0 Å². The quantitative estimate of drug-likeness (QED) is 0.0654. The minimum Gasteiger partial charge on any atom is -0.480 e. The summed E-state index contributed by atoms with van der Waals surface area (Å²) in [6, 6.07) is -5.25. The molecule has 0 aliphatic carbocycles. The van der Waals surface area contributed by atoms with Crippen LogP contribution in [-0.4, -0.2) is 118 Å². The van der Waals surface area contributed by atoms with Gasteiger partial charge >= 0.3 is 5.97 Å². The summed E-state index contributed by atoms with van der Waals surface area (Å²) in [4.78, 5) is 82.7. The maximum atomic E-state index is 12.5. The van der Waals surface area contributed by atoms with Crippen molar-refractivity contribution in [2.75, 3.05) is 13.2 Å². The third kappa shape index (κ3) is 12.9. The molecule has 5 amide bonds. The van der Waals surface area contributed by atoms with Crippen molar-refractivity contribution in [3.63, 3.8) is 0 Å². The van der Waals surface area contributed by atoms with Crippen molar-refractivity contribution in [1.29, 1.82) is 0 Å². The highest BCUT2D eigenvalue weighted by Crippen LogP contribution is 2.10. The number of nitrogens with one attached hydrogen (secondary N) is 4. The van der Waals surface area contributed by atoms with E-state index in [9.17, 15) is 43.8 Å². The van der Waals surface area contributed by atoms with Crippen LogP contribution in [0, 0.1) is 5.92 Å². The molecule has 17 nitrogen and oxygen atoms in total. The Morgan fingerprint density at radius 3 is 2.00 bits per heavy atom. The van der Waals surface area contributed by atoms with Gasteiger partial charge in [0.2, 0.25) is 29.5 Å². The van der Waals surface area contributed by atoms with Gasteiger partial charge < -0.3 is 57.0 Å². The van der Waals surface area contributed by atoms with Crippen LogP contribution >= 0.6 is 0 Å². The second kappa shape index (κ2) is 17.8. The van der Waals surface area contributed by atoms with E-state index in [-0.39, 0.29) is 19.1 Å². The third-order valence-corrected chi connectivity index (χ3v) is 5.54. The molecular formula is C23H39N5O12. The Balaban J connectivity index is 5.12. The van der Waals surface area contributed by atoms with Crippen molar-refractivity contribution in [3.8, 4) is 0 Å². The van der Waals surface area contributed by atoms with Crippen LogP contribution in [0.15, 0.2) is 0 Å². The summed E-state index contributed by atoms with van der Waals surface area (Å²) in [5, 5.41) is 47.1. The standard InChI is InChI=1S/C23H39N5O12/c1-10(2)18(23(38)39)28-16(33)6-5-13(21(24)36)27-22(37)11(3)25-17(34)9-40-20(19(35)15(32)8-30)14(7-29)26-12(4)31/h7,10-11,13-15,18-20,30,32,35H,5-6,8-9H2,1-4H3,(H2,24,36)(H,25,34)(H,26,31)(H,27,37)(H,28,33)(H,38,39)/t11?,13?,14-,15+,18?,19+,20+/m0/s1. The summed E-state index contributed by atoms with van der Waals surface area (Å²) < 4.78 is 5.20. The van der Waals surface area contributed by atoms with E-state index < -0.39 is 97.1 Å². The van der Waals surface area contributed by atoms with Crippen LogP contribution in [0.5, 0.6) is 0 Å². The van der Waals surface area contributed by atoms with E-state index in [0.29, 0.717) is 0 Å². The largest absolute Gasteiger partial charge is 0.480 e. The number of aliphatic hydroxyl groups is 3. The number of carbonyl (C=O) groups excluding carboxylic acids is 6. The smallest absolute Gasteiger partial charge is 0.326 e. The zero-order valence-electron chi connectivity index (χ0n) is 22.7. The number of ether oxygens (including phenoxy) is 1. The van der Waals surface area contributed by atoms with Crippen LogP contribution in [0.3, 0.4) is 0 Å². The van der Waals surface area contributed by atoms with Gasteiger partial charge in [0.05, 0.1) is 6.61 Å². The molecule has 0 fully saturated rings. The number of primary amides is 1. The molecule has 0 rings (SSSR count). The number of amides is 5. The fraction of sp³-hybridized carbons (Fsp3) is 0.696. The van der Waals surface area contributed by atoms with Crippen molar-refractivity contribution < 1.29 is 58.7 Å². The number of aldehydes is 1. The molecule has 10 N–H and O–H groups in total. The van der Waals surface area contributed by atoms with Crippen LogP contribution in [0.4, 0.5) is 0 Å². The lowest BCUT2D eigenvalue weighted by molar-refractivity contribution is -0.146. The molecule has 40 heavy (non-hydrogen) atoms. The molecule has 0 aromatic rings. The normalized spacial score (nSPS) is 16.3. The first kappa shape index (κ1) is 36.3. The summed E-state index contributed by atoms with van der Waals surface area (Å²) in [5.74, 6) is -5.81. The Bertz CT molecular complexity index is 915. The van der Waals surface area contributed by atoms with Crippen molar-refractivity contribution in [1.82, 2.24) is 21.3 Å². The SMILES string of the molecule is CC(=O)N[C@@H](C=O)[C@@H](OCC(=O)NC(C)C(=O)NC(CCC(=O)NC(C(=O)O)C(C)C)C(N)=O)[C@H](O)[C@H](O)CO. The van der Waals surface area contributed by atoms with Gasteiger partial charge in [0, 0.05) is 13.3 Å². The monoisotopic (exact) mass is 577 g/mol. The Morgan fingerprint density at radius 2 is 1.55 bits per heavy atom. The average molecular weight is 578 g/mol. The van der Waals surface area contributed by atoms with E-state index in [2.05, 4.69) is 21.3 Å². The minimum atomic E-state index is -1.89. The van der Waals surface area contributed by atoms with Gasteiger partial charge in [-0.25, -0.2) is 4.79 Å². The van der Waals surface area contributed by atoms with Crippen molar-refractivity contribution >= 4 is 41.8 Å². The predicted molar refractivity (Wildman–Crippen MR) is 135 cm³/mol. The van der Waals surface area contributed by atoms with Gasteiger partial charge in [-0.05, 0) is 19.3 Å².